The lowest BCUT2D eigenvalue weighted by atomic mass is 10.2. The second kappa shape index (κ2) is 6.61. The number of nitriles is 1. The molecule has 0 saturated heterocycles. The first-order valence-electron chi connectivity index (χ1n) is 6.09. The predicted octanol–water partition coefficient (Wildman–Crippen LogP) is 3.61. The Morgan fingerprint density at radius 3 is 2.90 bits per heavy atom. The summed E-state index contributed by atoms with van der Waals surface area (Å²) >= 11 is 2.80. The van der Waals surface area contributed by atoms with Gasteiger partial charge in [0.2, 0.25) is 0 Å². The zero-order chi connectivity index (χ0) is 15.4. The summed E-state index contributed by atoms with van der Waals surface area (Å²) < 4.78 is 0. The van der Waals surface area contributed by atoms with E-state index >= 15 is 0 Å². The van der Waals surface area contributed by atoms with Crippen LogP contribution in [0.25, 0.3) is 0 Å². The molecule has 0 aliphatic heterocycles. The van der Waals surface area contributed by atoms with Gasteiger partial charge < -0.3 is 10.4 Å². The Morgan fingerprint density at radius 1 is 1.57 bits per heavy atom. The van der Waals surface area contributed by atoms with Gasteiger partial charge >= 0.3 is 5.97 Å². The molecule has 0 aliphatic rings. The number of benzene rings is 1. The number of thiazole rings is 1. The summed E-state index contributed by atoms with van der Waals surface area (Å²) in [5, 5.41) is 23.6. The fourth-order valence-electron chi connectivity index (χ4n) is 1.82. The highest BCUT2D eigenvalue weighted by Gasteiger charge is 2.16. The fraction of sp³-hybridized carbons (Fsp3) is 0.214. The number of hydrogen-bond donors (Lipinski definition) is 2. The first kappa shape index (κ1) is 15.4. The number of nitrogens with zero attached hydrogens (tertiary/aromatic N) is 2. The number of thioether (sulfide) groups is 1. The van der Waals surface area contributed by atoms with Crippen LogP contribution in [-0.2, 0) is 0 Å². The lowest BCUT2D eigenvalue weighted by Gasteiger charge is -2.15. The van der Waals surface area contributed by atoms with E-state index < -0.39 is 5.97 Å². The van der Waals surface area contributed by atoms with E-state index in [4.69, 9.17) is 5.11 Å². The molecule has 0 radical (unpaired) electrons. The third-order valence-corrected chi connectivity index (χ3v) is 4.65. The predicted molar refractivity (Wildman–Crippen MR) is 84.0 cm³/mol. The van der Waals surface area contributed by atoms with Crippen LogP contribution in [0.5, 0.6) is 0 Å². The zero-order valence-electron chi connectivity index (χ0n) is 11.5. The maximum absolute atomic E-state index is 10.9. The van der Waals surface area contributed by atoms with Crippen molar-refractivity contribution in [2.45, 2.75) is 17.9 Å². The van der Waals surface area contributed by atoms with Gasteiger partial charge in [0.25, 0.3) is 0 Å². The third-order valence-electron chi connectivity index (χ3n) is 2.84. The number of nitrogens with one attached hydrogen (secondary N) is 1. The summed E-state index contributed by atoms with van der Waals surface area (Å²) in [6.45, 7) is 1.89. The van der Waals surface area contributed by atoms with Gasteiger partial charge in [-0.15, -0.1) is 23.1 Å². The molecule has 2 aromatic rings. The smallest absolute Gasteiger partial charge is 0.355 e. The van der Waals surface area contributed by atoms with Gasteiger partial charge in [0, 0.05) is 10.3 Å². The highest BCUT2D eigenvalue weighted by atomic mass is 32.2. The first-order chi connectivity index (χ1) is 10.1. The molecule has 2 rings (SSSR count). The average molecular weight is 319 g/mol. The zero-order valence-corrected chi connectivity index (χ0v) is 13.1. The van der Waals surface area contributed by atoms with Crippen LogP contribution in [0.15, 0.2) is 28.5 Å². The molecule has 0 bridgehead atoms. The number of carbonyl (C=O) groups is 1. The van der Waals surface area contributed by atoms with E-state index in [9.17, 15) is 10.1 Å². The van der Waals surface area contributed by atoms with Crippen molar-refractivity contribution in [2.24, 2.45) is 0 Å². The van der Waals surface area contributed by atoms with Crippen LogP contribution in [0.4, 0.5) is 5.69 Å². The number of carboxylic acids is 1. The van der Waals surface area contributed by atoms with Crippen molar-refractivity contribution in [2.75, 3.05) is 11.6 Å². The Hall–Kier alpha value is -2.04. The minimum atomic E-state index is -1.04. The second-order valence-corrected chi connectivity index (χ2v) is 5.97. The molecule has 1 unspecified atom stereocenters. The van der Waals surface area contributed by atoms with Gasteiger partial charge in [0.05, 0.1) is 17.3 Å². The molecule has 108 valence electrons. The van der Waals surface area contributed by atoms with Crippen LogP contribution in [0.1, 0.15) is 34.0 Å². The van der Waals surface area contributed by atoms with Gasteiger partial charge in [-0.1, -0.05) is 6.07 Å². The second-order valence-electron chi connectivity index (χ2n) is 4.24. The molecular formula is C14H13N3O2S2. The molecular weight excluding hydrogens is 306 g/mol. The van der Waals surface area contributed by atoms with E-state index in [-0.39, 0.29) is 11.7 Å². The van der Waals surface area contributed by atoms with E-state index in [2.05, 4.69) is 16.4 Å². The molecule has 0 amide bonds. The average Bonchev–Trinajstić information content (AvgIpc) is 2.97. The lowest BCUT2D eigenvalue weighted by Crippen LogP contribution is -2.08. The Morgan fingerprint density at radius 2 is 2.33 bits per heavy atom. The molecule has 21 heavy (non-hydrogen) atoms. The molecule has 1 atom stereocenters. The van der Waals surface area contributed by atoms with E-state index in [0.717, 1.165) is 10.6 Å². The van der Waals surface area contributed by atoms with Gasteiger partial charge in [0.15, 0.2) is 5.69 Å². The normalized spacial score (nSPS) is 11.7. The Kier molecular flexibility index (Phi) is 4.83. The molecule has 1 aromatic heterocycles. The molecule has 0 spiro atoms. The van der Waals surface area contributed by atoms with Crippen LogP contribution in [-0.4, -0.2) is 22.3 Å². The Balaban J connectivity index is 2.25. The van der Waals surface area contributed by atoms with Crippen molar-refractivity contribution < 1.29 is 9.90 Å². The Bertz CT molecular complexity index is 706. The molecule has 7 heteroatoms. The monoisotopic (exact) mass is 319 g/mol. The summed E-state index contributed by atoms with van der Waals surface area (Å²) in [6, 6.07) is 7.64. The lowest BCUT2D eigenvalue weighted by molar-refractivity contribution is 0.0691. The molecule has 1 heterocycles. The topological polar surface area (TPSA) is 86.0 Å². The highest BCUT2D eigenvalue weighted by molar-refractivity contribution is 7.98. The standard InChI is InChI=1S/C14H13N3O2S2/c1-8(13-17-11(7-21-13)14(18)19)16-10-4-3-5-12(20-2)9(10)6-15/h3-5,7-8,16H,1-2H3,(H,18,19). The van der Waals surface area contributed by atoms with Gasteiger partial charge in [-0.05, 0) is 25.3 Å². The summed E-state index contributed by atoms with van der Waals surface area (Å²) in [6.07, 6.45) is 1.92. The number of carboxylic acid groups (broad SMARTS) is 1. The number of rotatable bonds is 5. The SMILES string of the molecule is CSc1cccc(NC(C)c2nc(C(=O)O)cs2)c1C#N. The summed E-state index contributed by atoms with van der Waals surface area (Å²) in [4.78, 5) is 15.8. The van der Waals surface area contributed by atoms with Crippen molar-refractivity contribution in [1.29, 1.82) is 5.26 Å². The summed E-state index contributed by atoms with van der Waals surface area (Å²) in [5.41, 5.74) is 1.36. The van der Waals surface area contributed by atoms with E-state index in [1.807, 2.05) is 31.4 Å². The minimum Gasteiger partial charge on any atom is -0.476 e. The van der Waals surface area contributed by atoms with Crippen LogP contribution in [0.2, 0.25) is 0 Å². The molecule has 0 saturated carbocycles. The van der Waals surface area contributed by atoms with Gasteiger partial charge in [-0.3, -0.25) is 0 Å². The first-order valence-corrected chi connectivity index (χ1v) is 8.19. The highest BCUT2D eigenvalue weighted by Crippen LogP contribution is 2.29. The fourth-order valence-corrected chi connectivity index (χ4v) is 3.19. The van der Waals surface area contributed by atoms with Crippen LogP contribution in [0.3, 0.4) is 0 Å². The maximum atomic E-state index is 10.9. The van der Waals surface area contributed by atoms with E-state index in [1.54, 1.807) is 0 Å². The quantitative estimate of drug-likeness (QED) is 0.819. The van der Waals surface area contributed by atoms with E-state index in [1.165, 1.54) is 28.5 Å². The molecule has 0 aliphatic carbocycles. The number of anilines is 1. The van der Waals surface area contributed by atoms with Crippen molar-refractivity contribution in [3.63, 3.8) is 0 Å². The molecule has 0 fully saturated rings. The number of aromatic carboxylic acids is 1. The van der Waals surface area contributed by atoms with Crippen molar-refractivity contribution in [1.82, 2.24) is 4.98 Å². The molecule has 1 aromatic carbocycles. The number of hydrogen-bond acceptors (Lipinski definition) is 6. The minimum absolute atomic E-state index is 0.0435. The van der Waals surface area contributed by atoms with Crippen LogP contribution in [0, 0.1) is 11.3 Å². The summed E-state index contributed by atoms with van der Waals surface area (Å²) in [7, 11) is 0. The third kappa shape index (κ3) is 3.35. The molecule has 2 N–H and O–H groups in total. The largest absolute Gasteiger partial charge is 0.476 e. The Labute approximate surface area is 130 Å². The van der Waals surface area contributed by atoms with Gasteiger partial charge in [0.1, 0.15) is 11.1 Å². The van der Waals surface area contributed by atoms with Gasteiger partial charge in [-0.25, -0.2) is 9.78 Å². The van der Waals surface area contributed by atoms with Crippen LogP contribution >= 0.6 is 23.1 Å². The van der Waals surface area contributed by atoms with Crippen molar-refractivity contribution >= 4 is 34.8 Å². The van der Waals surface area contributed by atoms with Crippen molar-refractivity contribution in [3.05, 3.63) is 39.8 Å². The van der Waals surface area contributed by atoms with Gasteiger partial charge in [-0.2, -0.15) is 5.26 Å². The van der Waals surface area contributed by atoms with E-state index in [0.29, 0.717) is 10.6 Å². The maximum Gasteiger partial charge on any atom is 0.355 e. The summed E-state index contributed by atoms with van der Waals surface area (Å²) in [5.74, 6) is -1.04. The number of aromatic nitrogens is 1. The molecule has 5 nitrogen and oxygen atoms in total. The van der Waals surface area contributed by atoms with Crippen molar-refractivity contribution in [3.8, 4) is 6.07 Å². The van der Waals surface area contributed by atoms with Crippen LogP contribution < -0.4 is 5.32 Å².